The molecule has 0 aromatic carbocycles. The van der Waals surface area contributed by atoms with Crippen molar-refractivity contribution in [2.75, 3.05) is 26.4 Å². The highest BCUT2D eigenvalue weighted by molar-refractivity contribution is 4.48. The van der Waals surface area contributed by atoms with Crippen LogP contribution in [0.5, 0.6) is 0 Å². The summed E-state index contributed by atoms with van der Waals surface area (Å²) in [5, 5.41) is 0. The van der Waals surface area contributed by atoms with Crippen LogP contribution in [0, 0.1) is 0 Å². The number of rotatable bonds is 25. The van der Waals surface area contributed by atoms with E-state index in [1.807, 2.05) is 0 Å². The van der Waals surface area contributed by atoms with E-state index in [0.717, 1.165) is 26.4 Å². The van der Waals surface area contributed by atoms with Crippen LogP contribution >= 0.6 is 0 Å². The molecule has 0 N–H and O–H groups in total. The van der Waals surface area contributed by atoms with Crippen molar-refractivity contribution in [2.24, 2.45) is 0 Å². The van der Waals surface area contributed by atoms with Crippen LogP contribution in [0.2, 0.25) is 0 Å². The second kappa shape index (κ2) is 26.9. The minimum Gasteiger partial charge on any atom is -0.381 e. The van der Waals surface area contributed by atoms with Crippen LogP contribution in [0.1, 0.15) is 142 Å². The molecule has 28 heavy (non-hydrogen) atoms. The topological polar surface area (TPSA) is 18.5 Å². The largest absolute Gasteiger partial charge is 0.381 e. The normalized spacial score (nSPS) is 11.4. The molecule has 0 saturated carbocycles. The van der Waals surface area contributed by atoms with Crippen LogP contribution < -0.4 is 0 Å². The van der Waals surface area contributed by atoms with Gasteiger partial charge in [-0.3, -0.25) is 0 Å². The Morgan fingerprint density at radius 2 is 0.500 bits per heavy atom. The zero-order chi connectivity index (χ0) is 20.4. The van der Waals surface area contributed by atoms with Crippen molar-refractivity contribution >= 4 is 0 Å². The number of hydrogen-bond donors (Lipinski definition) is 0. The van der Waals surface area contributed by atoms with E-state index in [1.54, 1.807) is 0 Å². The Balaban J connectivity index is 2.96. The van der Waals surface area contributed by atoms with Crippen LogP contribution in [0.25, 0.3) is 0 Å². The molecule has 0 spiro atoms. The third kappa shape index (κ3) is 25.9. The van der Waals surface area contributed by atoms with Gasteiger partial charge in [0.1, 0.15) is 0 Å². The molecular formula is C26H54O2. The zero-order valence-electron chi connectivity index (χ0n) is 19.8. The lowest BCUT2D eigenvalue weighted by Crippen LogP contribution is -1.98. The first kappa shape index (κ1) is 27.9. The van der Waals surface area contributed by atoms with Crippen molar-refractivity contribution in [1.29, 1.82) is 0 Å². The van der Waals surface area contributed by atoms with Gasteiger partial charge in [0.15, 0.2) is 0 Å². The summed E-state index contributed by atoms with van der Waals surface area (Å²) >= 11 is 0. The van der Waals surface area contributed by atoms with E-state index in [4.69, 9.17) is 9.47 Å². The van der Waals surface area contributed by atoms with Crippen LogP contribution in [-0.2, 0) is 9.47 Å². The van der Waals surface area contributed by atoms with E-state index >= 15 is 0 Å². The summed E-state index contributed by atoms with van der Waals surface area (Å²) in [5.41, 5.74) is 0. The Labute approximate surface area is 178 Å². The summed E-state index contributed by atoms with van der Waals surface area (Å²) in [7, 11) is 0. The third-order valence-electron chi connectivity index (χ3n) is 5.61. The maximum atomic E-state index is 5.76. The molecule has 0 aliphatic carbocycles. The molecule has 0 unspecified atom stereocenters. The van der Waals surface area contributed by atoms with Crippen LogP contribution in [-0.4, -0.2) is 26.4 Å². The van der Waals surface area contributed by atoms with Gasteiger partial charge < -0.3 is 9.47 Å². The van der Waals surface area contributed by atoms with E-state index in [-0.39, 0.29) is 0 Å². The highest BCUT2D eigenvalue weighted by atomic mass is 16.5. The first-order chi connectivity index (χ1) is 13.9. The Kier molecular flexibility index (Phi) is 26.8. The molecule has 0 saturated heterocycles. The summed E-state index contributed by atoms with van der Waals surface area (Å²) in [6.07, 6.45) is 27.0. The average molecular weight is 399 g/mol. The minimum absolute atomic E-state index is 0.970. The summed E-state index contributed by atoms with van der Waals surface area (Å²) < 4.78 is 11.5. The van der Waals surface area contributed by atoms with Crippen molar-refractivity contribution in [3.8, 4) is 0 Å². The lowest BCUT2D eigenvalue weighted by Gasteiger charge is -2.06. The maximum Gasteiger partial charge on any atom is 0.0466 e. The van der Waals surface area contributed by atoms with E-state index in [2.05, 4.69) is 13.8 Å². The molecule has 2 heteroatoms. The number of ether oxygens (including phenoxy) is 2. The molecule has 0 amide bonds. The predicted molar refractivity (Wildman–Crippen MR) is 125 cm³/mol. The fourth-order valence-electron chi connectivity index (χ4n) is 3.64. The van der Waals surface area contributed by atoms with Crippen LogP contribution in [0.3, 0.4) is 0 Å². The molecule has 0 atom stereocenters. The van der Waals surface area contributed by atoms with E-state index in [0.29, 0.717) is 0 Å². The van der Waals surface area contributed by atoms with Gasteiger partial charge in [0.2, 0.25) is 0 Å². The van der Waals surface area contributed by atoms with Gasteiger partial charge in [-0.2, -0.15) is 0 Å². The second-order valence-electron chi connectivity index (χ2n) is 8.59. The molecule has 0 bridgehead atoms. The fraction of sp³-hybridized carbons (Fsp3) is 1.00. The van der Waals surface area contributed by atoms with Gasteiger partial charge in [-0.1, -0.05) is 117 Å². The fourth-order valence-corrected chi connectivity index (χ4v) is 3.64. The molecule has 0 fully saturated rings. The van der Waals surface area contributed by atoms with Crippen molar-refractivity contribution < 1.29 is 9.47 Å². The third-order valence-corrected chi connectivity index (χ3v) is 5.61. The Morgan fingerprint density at radius 3 is 0.750 bits per heavy atom. The molecule has 0 aromatic rings. The summed E-state index contributed by atoms with van der Waals surface area (Å²) in [6.45, 7) is 8.45. The minimum atomic E-state index is 0.970. The smallest absolute Gasteiger partial charge is 0.0466 e. The zero-order valence-corrected chi connectivity index (χ0v) is 19.8. The molecule has 0 aliphatic heterocycles. The standard InChI is InChI=1S/C26H54O2/c1-3-5-7-9-11-15-19-23-27-25-21-17-13-14-18-22-26-28-24-20-16-12-10-8-6-4-2/h3-26H2,1-2H3. The first-order valence-corrected chi connectivity index (χ1v) is 13.1. The quantitative estimate of drug-likeness (QED) is 0.143. The molecule has 2 nitrogen and oxygen atoms in total. The number of hydrogen-bond acceptors (Lipinski definition) is 2. The Hall–Kier alpha value is -0.0800. The van der Waals surface area contributed by atoms with E-state index in [9.17, 15) is 0 Å². The van der Waals surface area contributed by atoms with Gasteiger partial charge in [0.05, 0.1) is 0 Å². The van der Waals surface area contributed by atoms with Gasteiger partial charge >= 0.3 is 0 Å². The summed E-state index contributed by atoms with van der Waals surface area (Å²) in [4.78, 5) is 0. The molecular weight excluding hydrogens is 344 g/mol. The molecule has 170 valence electrons. The molecule has 0 radical (unpaired) electrons. The first-order valence-electron chi connectivity index (χ1n) is 13.1. The van der Waals surface area contributed by atoms with E-state index < -0.39 is 0 Å². The highest BCUT2D eigenvalue weighted by Crippen LogP contribution is 2.09. The predicted octanol–water partition coefficient (Wildman–Crippen LogP) is 8.86. The highest BCUT2D eigenvalue weighted by Gasteiger charge is 1.95. The lowest BCUT2D eigenvalue weighted by atomic mass is 10.1. The van der Waals surface area contributed by atoms with Crippen molar-refractivity contribution in [3.63, 3.8) is 0 Å². The van der Waals surface area contributed by atoms with Crippen LogP contribution in [0.4, 0.5) is 0 Å². The van der Waals surface area contributed by atoms with Gasteiger partial charge in [-0.05, 0) is 25.7 Å². The van der Waals surface area contributed by atoms with Gasteiger partial charge in [-0.15, -0.1) is 0 Å². The van der Waals surface area contributed by atoms with Crippen molar-refractivity contribution in [3.05, 3.63) is 0 Å². The Morgan fingerprint density at radius 1 is 0.286 bits per heavy atom. The Bertz CT molecular complexity index is 229. The van der Waals surface area contributed by atoms with Crippen LogP contribution in [0.15, 0.2) is 0 Å². The lowest BCUT2D eigenvalue weighted by molar-refractivity contribution is 0.123. The van der Waals surface area contributed by atoms with Crippen molar-refractivity contribution in [1.82, 2.24) is 0 Å². The molecule has 0 aliphatic rings. The monoisotopic (exact) mass is 398 g/mol. The van der Waals surface area contributed by atoms with E-state index in [1.165, 1.54) is 128 Å². The average Bonchev–Trinajstić information content (AvgIpc) is 2.71. The second-order valence-corrected chi connectivity index (χ2v) is 8.59. The summed E-state index contributed by atoms with van der Waals surface area (Å²) in [6, 6.07) is 0. The van der Waals surface area contributed by atoms with Crippen molar-refractivity contribution in [2.45, 2.75) is 142 Å². The molecule has 0 aromatic heterocycles. The maximum absolute atomic E-state index is 5.76. The van der Waals surface area contributed by atoms with Gasteiger partial charge in [-0.25, -0.2) is 0 Å². The van der Waals surface area contributed by atoms with Gasteiger partial charge in [0.25, 0.3) is 0 Å². The van der Waals surface area contributed by atoms with Gasteiger partial charge in [0, 0.05) is 26.4 Å². The summed E-state index contributed by atoms with van der Waals surface area (Å²) in [5.74, 6) is 0. The molecule has 0 heterocycles. The molecule has 0 rings (SSSR count). The number of unbranched alkanes of at least 4 members (excludes halogenated alkanes) is 17. The SMILES string of the molecule is CCCCCCCCCOCCCCCCCCOCCCCCCCCC.